The van der Waals surface area contributed by atoms with E-state index in [1.54, 1.807) is 0 Å². The van der Waals surface area contributed by atoms with Crippen LogP contribution < -0.4 is 5.32 Å². The highest BCUT2D eigenvalue weighted by Crippen LogP contribution is 2.17. The molecule has 1 saturated carbocycles. The maximum Gasteiger partial charge on any atom is 0.0693 e. The van der Waals surface area contributed by atoms with E-state index in [-0.39, 0.29) is 6.10 Å². The Morgan fingerprint density at radius 3 is 2.36 bits per heavy atom. The fourth-order valence-electron chi connectivity index (χ4n) is 1.80. The number of aliphatic hydroxyl groups is 1. The quantitative estimate of drug-likeness (QED) is 0.601. The van der Waals surface area contributed by atoms with Gasteiger partial charge in [-0.1, -0.05) is 25.7 Å². The van der Waals surface area contributed by atoms with E-state index in [0.717, 1.165) is 12.8 Å². The molecule has 11 heavy (non-hydrogen) atoms. The van der Waals surface area contributed by atoms with Gasteiger partial charge in [0.25, 0.3) is 0 Å². The topological polar surface area (TPSA) is 32.3 Å². The summed E-state index contributed by atoms with van der Waals surface area (Å²) in [5, 5.41) is 12.8. The van der Waals surface area contributed by atoms with Crippen LogP contribution in [0.4, 0.5) is 0 Å². The van der Waals surface area contributed by atoms with Gasteiger partial charge in [0.05, 0.1) is 6.10 Å². The van der Waals surface area contributed by atoms with Crippen LogP contribution in [-0.4, -0.2) is 24.3 Å². The second kappa shape index (κ2) is 4.73. The number of hydrogen-bond acceptors (Lipinski definition) is 2. The summed E-state index contributed by atoms with van der Waals surface area (Å²) in [6, 6.07) is 0.343. The Morgan fingerprint density at radius 1 is 1.09 bits per heavy atom. The van der Waals surface area contributed by atoms with E-state index in [9.17, 15) is 5.11 Å². The second-order valence-corrected chi connectivity index (χ2v) is 3.45. The lowest BCUT2D eigenvalue weighted by Gasteiger charge is -2.24. The first-order valence-electron chi connectivity index (χ1n) is 4.70. The molecule has 0 bridgehead atoms. The Kier molecular flexibility index (Phi) is 3.87. The van der Waals surface area contributed by atoms with Gasteiger partial charge in [-0.15, -0.1) is 0 Å². The third kappa shape index (κ3) is 2.80. The molecular weight excluding hydrogens is 138 g/mol. The Balaban J connectivity index is 2.33. The van der Waals surface area contributed by atoms with E-state index in [1.165, 1.54) is 25.7 Å². The predicted octanol–water partition coefficient (Wildman–Crippen LogP) is 1.29. The fraction of sp³-hybridized carbons (Fsp3) is 1.00. The Labute approximate surface area is 69.0 Å². The van der Waals surface area contributed by atoms with Crippen molar-refractivity contribution < 1.29 is 5.11 Å². The summed E-state index contributed by atoms with van der Waals surface area (Å²) in [7, 11) is 1.94. The van der Waals surface area contributed by atoms with Crippen LogP contribution in [0.15, 0.2) is 0 Å². The van der Waals surface area contributed by atoms with Crippen LogP contribution >= 0.6 is 0 Å². The van der Waals surface area contributed by atoms with Gasteiger partial charge in [-0.05, 0) is 19.9 Å². The molecule has 2 heteroatoms. The normalized spacial score (nSPS) is 34.4. The zero-order chi connectivity index (χ0) is 8.10. The molecular formula is C9H19NO. The number of likely N-dealkylation sites (N-methyl/N-ethyl adjacent to an activating group) is 1. The molecule has 0 amide bonds. The Hall–Kier alpha value is -0.0800. The molecule has 0 aliphatic heterocycles. The van der Waals surface area contributed by atoms with Gasteiger partial charge >= 0.3 is 0 Å². The van der Waals surface area contributed by atoms with Gasteiger partial charge in [-0.2, -0.15) is 0 Å². The standard InChI is InChI=1S/C9H19NO/c1-10-8-6-4-2-3-5-7-9(8)11/h8-11H,2-7H2,1H3/t8-,9?/m1/s1. The third-order valence-electron chi connectivity index (χ3n) is 2.60. The molecule has 2 N–H and O–H groups in total. The van der Waals surface area contributed by atoms with Crippen LogP contribution in [0.1, 0.15) is 38.5 Å². The van der Waals surface area contributed by atoms with Crippen LogP contribution in [0.3, 0.4) is 0 Å². The molecule has 2 nitrogen and oxygen atoms in total. The summed E-state index contributed by atoms with van der Waals surface area (Å²) < 4.78 is 0. The molecule has 0 radical (unpaired) electrons. The van der Waals surface area contributed by atoms with Gasteiger partial charge < -0.3 is 10.4 Å². The molecule has 1 fully saturated rings. The first-order valence-corrected chi connectivity index (χ1v) is 4.70. The van der Waals surface area contributed by atoms with Crippen molar-refractivity contribution in [2.24, 2.45) is 0 Å². The first-order chi connectivity index (χ1) is 5.34. The summed E-state index contributed by atoms with van der Waals surface area (Å²) in [6.07, 6.45) is 7.10. The van der Waals surface area contributed by atoms with E-state index in [4.69, 9.17) is 0 Å². The minimum atomic E-state index is -0.111. The van der Waals surface area contributed by atoms with E-state index in [2.05, 4.69) is 5.32 Å². The average Bonchev–Trinajstić information content (AvgIpc) is 1.98. The van der Waals surface area contributed by atoms with Crippen LogP contribution in [0.2, 0.25) is 0 Å². The van der Waals surface area contributed by atoms with Gasteiger partial charge in [0.15, 0.2) is 0 Å². The molecule has 1 aliphatic carbocycles. The highest BCUT2D eigenvalue weighted by atomic mass is 16.3. The van der Waals surface area contributed by atoms with Crippen LogP contribution in [-0.2, 0) is 0 Å². The van der Waals surface area contributed by atoms with Crippen molar-refractivity contribution >= 4 is 0 Å². The molecule has 66 valence electrons. The maximum absolute atomic E-state index is 9.61. The van der Waals surface area contributed by atoms with Gasteiger partial charge in [0, 0.05) is 6.04 Å². The highest BCUT2D eigenvalue weighted by Gasteiger charge is 2.17. The lowest BCUT2D eigenvalue weighted by atomic mass is 9.94. The Bertz CT molecular complexity index is 106. The van der Waals surface area contributed by atoms with E-state index < -0.39 is 0 Å². The summed E-state index contributed by atoms with van der Waals surface area (Å²) in [5.74, 6) is 0. The molecule has 0 aromatic heterocycles. The van der Waals surface area contributed by atoms with Crippen molar-refractivity contribution in [2.45, 2.75) is 50.7 Å². The summed E-state index contributed by atoms with van der Waals surface area (Å²) >= 11 is 0. The smallest absolute Gasteiger partial charge is 0.0693 e. The largest absolute Gasteiger partial charge is 0.392 e. The van der Waals surface area contributed by atoms with Crippen LogP contribution in [0, 0.1) is 0 Å². The van der Waals surface area contributed by atoms with Crippen molar-refractivity contribution in [3.05, 3.63) is 0 Å². The van der Waals surface area contributed by atoms with E-state index in [0.29, 0.717) is 6.04 Å². The number of aliphatic hydroxyl groups excluding tert-OH is 1. The predicted molar refractivity (Wildman–Crippen MR) is 46.6 cm³/mol. The lowest BCUT2D eigenvalue weighted by molar-refractivity contribution is 0.107. The van der Waals surface area contributed by atoms with Crippen molar-refractivity contribution in [1.29, 1.82) is 0 Å². The molecule has 0 aromatic carbocycles. The summed E-state index contributed by atoms with van der Waals surface area (Å²) in [6.45, 7) is 0. The summed E-state index contributed by atoms with van der Waals surface area (Å²) in [5.41, 5.74) is 0. The minimum absolute atomic E-state index is 0.111. The minimum Gasteiger partial charge on any atom is -0.392 e. The van der Waals surface area contributed by atoms with Gasteiger partial charge in [-0.25, -0.2) is 0 Å². The third-order valence-corrected chi connectivity index (χ3v) is 2.60. The van der Waals surface area contributed by atoms with Crippen molar-refractivity contribution in [2.75, 3.05) is 7.05 Å². The molecule has 1 rings (SSSR count). The van der Waals surface area contributed by atoms with Crippen molar-refractivity contribution in [1.82, 2.24) is 5.32 Å². The van der Waals surface area contributed by atoms with Gasteiger partial charge in [-0.3, -0.25) is 0 Å². The number of hydrogen-bond donors (Lipinski definition) is 2. The average molecular weight is 157 g/mol. The number of rotatable bonds is 1. The maximum atomic E-state index is 9.61. The molecule has 0 heterocycles. The molecule has 1 aliphatic rings. The van der Waals surface area contributed by atoms with Crippen molar-refractivity contribution in [3.8, 4) is 0 Å². The molecule has 2 atom stereocenters. The fourth-order valence-corrected chi connectivity index (χ4v) is 1.80. The first kappa shape index (κ1) is 9.01. The zero-order valence-corrected chi connectivity index (χ0v) is 7.34. The van der Waals surface area contributed by atoms with Crippen LogP contribution in [0.5, 0.6) is 0 Å². The lowest BCUT2D eigenvalue weighted by Crippen LogP contribution is -2.38. The van der Waals surface area contributed by atoms with Crippen LogP contribution in [0.25, 0.3) is 0 Å². The molecule has 0 spiro atoms. The van der Waals surface area contributed by atoms with E-state index in [1.807, 2.05) is 7.05 Å². The number of nitrogens with one attached hydrogen (secondary N) is 1. The molecule has 1 unspecified atom stereocenters. The van der Waals surface area contributed by atoms with Crippen molar-refractivity contribution in [3.63, 3.8) is 0 Å². The van der Waals surface area contributed by atoms with Gasteiger partial charge in [0.2, 0.25) is 0 Å². The zero-order valence-electron chi connectivity index (χ0n) is 7.34. The molecule has 0 saturated heterocycles. The van der Waals surface area contributed by atoms with Gasteiger partial charge in [0.1, 0.15) is 0 Å². The second-order valence-electron chi connectivity index (χ2n) is 3.45. The molecule has 0 aromatic rings. The van der Waals surface area contributed by atoms with E-state index >= 15 is 0 Å². The highest BCUT2D eigenvalue weighted by molar-refractivity contribution is 4.76. The summed E-state index contributed by atoms with van der Waals surface area (Å²) in [4.78, 5) is 0. The Morgan fingerprint density at radius 2 is 1.73 bits per heavy atom. The SMILES string of the molecule is CN[C@@H]1CCCCCCC1O. The monoisotopic (exact) mass is 157 g/mol.